The molecule has 1 heterocycles. The van der Waals surface area contributed by atoms with Crippen LogP contribution in [-0.4, -0.2) is 29.1 Å². The van der Waals surface area contributed by atoms with Crippen LogP contribution in [-0.2, 0) is 17.6 Å². The number of hydrogen-bond acceptors (Lipinski definition) is 5. The molecule has 0 saturated carbocycles. The van der Waals surface area contributed by atoms with E-state index in [4.69, 9.17) is 22.3 Å². The Morgan fingerprint density at radius 2 is 1.76 bits per heavy atom. The SMILES string of the molecule is CC(CCc1ccc(Cc2cc(C(N)=O)c(NC(N)=O)s2)cc1)C[C@H](N)C(=O)O. The maximum Gasteiger partial charge on any atom is 0.320 e. The summed E-state index contributed by atoms with van der Waals surface area (Å²) in [5.74, 6) is -1.37. The third kappa shape index (κ3) is 6.88. The molecule has 0 spiro atoms. The van der Waals surface area contributed by atoms with Gasteiger partial charge in [0.05, 0.1) is 5.56 Å². The quantitative estimate of drug-likeness (QED) is 0.399. The Morgan fingerprint density at radius 1 is 1.14 bits per heavy atom. The Kier molecular flexibility index (Phi) is 7.74. The number of carbonyl (C=O) groups excluding carboxylic acids is 2. The number of aliphatic carboxylic acids is 1. The van der Waals surface area contributed by atoms with Crippen molar-refractivity contribution in [2.75, 3.05) is 5.32 Å². The number of thiophene rings is 1. The van der Waals surface area contributed by atoms with Crippen molar-refractivity contribution >= 4 is 34.2 Å². The summed E-state index contributed by atoms with van der Waals surface area (Å²) < 4.78 is 0. The van der Waals surface area contributed by atoms with E-state index < -0.39 is 23.9 Å². The lowest BCUT2D eigenvalue weighted by Gasteiger charge is -2.14. The van der Waals surface area contributed by atoms with Crippen molar-refractivity contribution in [1.29, 1.82) is 0 Å². The number of benzene rings is 1. The van der Waals surface area contributed by atoms with Crippen molar-refractivity contribution in [2.24, 2.45) is 23.1 Å². The first-order valence-electron chi connectivity index (χ1n) is 9.21. The van der Waals surface area contributed by atoms with Gasteiger partial charge in [0.1, 0.15) is 11.0 Å². The van der Waals surface area contributed by atoms with Crippen molar-refractivity contribution in [3.63, 3.8) is 0 Å². The van der Waals surface area contributed by atoms with Crippen LogP contribution in [0, 0.1) is 5.92 Å². The molecule has 156 valence electrons. The van der Waals surface area contributed by atoms with Gasteiger partial charge >= 0.3 is 12.0 Å². The summed E-state index contributed by atoms with van der Waals surface area (Å²) in [6.07, 6.45) is 2.74. The van der Waals surface area contributed by atoms with Crippen molar-refractivity contribution < 1.29 is 19.5 Å². The van der Waals surface area contributed by atoms with E-state index in [1.54, 1.807) is 6.07 Å². The first-order valence-corrected chi connectivity index (χ1v) is 10.0. The Bertz CT molecular complexity index is 879. The fourth-order valence-electron chi connectivity index (χ4n) is 3.01. The van der Waals surface area contributed by atoms with Crippen LogP contribution in [0.15, 0.2) is 30.3 Å². The molecule has 0 fully saturated rings. The summed E-state index contributed by atoms with van der Waals surface area (Å²) in [4.78, 5) is 34.3. The fourth-order valence-corrected chi connectivity index (χ4v) is 4.11. The zero-order valence-electron chi connectivity index (χ0n) is 16.2. The third-order valence-corrected chi connectivity index (χ3v) is 5.64. The van der Waals surface area contributed by atoms with Crippen molar-refractivity contribution in [3.05, 3.63) is 51.9 Å². The summed E-state index contributed by atoms with van der Waals surface area (Å²) in [5, 5.41) is 11.7. The Labute approximate surface area is 173 Å². The number of amides is 3. The molecule has 9 heteroatoms. The standard InChI is InChI=1S/C20H26N4O4S/c1-11(8-16(21)19(26)27)2-3-12-4-6-13(7-5-12)9-14-10-15(17(22)25)18(29-14)24-20(23)28/h4-7,10-11,16H,2-3,8-9,21H2,1H3,(H2,22,25)(H,26,27)(H3,23,24,28)/t11?,16-/m0/s1. The second-order valence-electron chi connectivity index (χ2n) is 7.13. The van der Waals surface area contributed by atoms with Gasteiger partial charge in [-0.25, -0.2) is 4.79 Å². The van der Waals surface area contributed by atoms with E-state index in [0.29, 0.717) is 17.8 Å². The number of carbonyl (C=O) groups is 3. The van der Waals surface area contributed by atoms with Crippen molar-refractivity contribution in [1.82, 2.24) is 0 Å². The number of hydrogen-bond donors (Lipinski definition) is 5. The topological polar surface area (TPSA) is 162 Å². The maximum absolute atomic E-state index is 11.5. The monoisotopic (exact) mass is 418 g/mol. The van der Waals surface area contributed by atoms with E-state index in [1.165, 1.54) is 11.3 Å². The number of aryl methyl sites for hydroxylation is 1. The predicted octanol–water partition coefficient (Wildman–Crippen LogP) is 2.30. The van der Waals surface area contributed by atoms with Gasteiger partial charge in [0.2, 0.25) is 0 Å². The van der Waals surface area contributed by atoms with Crippen LogP contribution in [0.25, 0.3) is 0 Å². The van der Waals surface area contributed by atoms with Gasteiger partial charge in [0.15, 0.2) is 0 Å². The Morgan fingerprint density at radius 3 is 2.31 bits per heavy atom. The van der Waals surface area contributed by atoms with Crippen molar-refractivity contribution in [2.45, 2.75) is 38.6 Å². The molecule has 2 aromatic rings. The molecule has 0 saturated heterocycles. The van der Waals surface area contributed by atoms with Gasteiger partial charge in [-0.3, -0.25) is 14.9 Å². The number of primary amides is 2. The minimum Gasteiger partial charge on any atom is -0.480 e. The molecule has 29 heavy (non-hydrogen) atoms. The molecule has 1 unspecified atom stereocenters. The van der Waals surface area contributed by atoms with Gasteiger partial charge in [-0.2, -0.15) is 0 Å². The molecule has 8 nitrogen and oxygen atoms in total. The molecule has 1 aromatic heterocycles. The molecule has 8 N–H and O–H groups in total. The van der Waals surface area contributed by atoms with E-state index in [2.05, 4.69) is 5.32 Å². The van der Waals surface area contributed by atoms with Gasteiger partial charge in [-0.1, -0.05) is 31.2 Å². The molecule has 3 amide bonds. The summed E-state index contributed by atoms with van der Waals surface area (Å²) in [7, 11) is 0. The first kappa shape index (κ1) is 22.4. The average molecular weight is 419 g/mol. The van der Waals surface area contributed by atoms with E-state index in [9.17, 15) is 14.4 Å². The third-order valence-electron chi connectivity index (χ3n) is 4.59. The minimum atomic E-state index is -0.969. The van der Waals surface area contributed by atoms with E-state index in [1.807, 2.05) is 31.2 Å². The van der Waals surface area contributed by atoms with Crippen LogP contribution in [0.3, 0.4) is 0 Å². The summed E-state index contributed by atoms with van der Waals surface area (Å²) in [6.45, 7) is 2.00. The highest BCUT2D eigenvalue weighted by Gasteiger charge is 2.16. The van der Waals surface area contributed by atoms with Crippen LogP contribution in [0.4, 0.5) is 9.80 Å². The number of nitrogens with one attached hydrogen (secondary N) is 1. The van der Waals surface area contributed by atoms with Gasteiger partial charge < -0.3 is 22.3 Å². The fraction of sp³-hybridized carbons (Fsp3) is 0.350. The zero-order chi connectivity index (χ0) is 21.6. The largest absolute Gasteiger partial charge is 0.480 e. The van der Waals surface area contributed by atoms with Gasteiger partial charge in [0, 0.05) is 11.3 Å². The molecule has 0 radical (unpaired) electrons. The van der Waals surface area contributed by atoms with Gasteiger partial charge in [-0.15, -0.1) is 11.3 Å². The summed E-state index contributed by atoms with van der Waals surface area (Å²) in [6, 6.07) is 8.18. The highest BCUT2D eigenvalue weighted by atomic mass is 32.1. The van der Waals surface area contributed by atoms with Crippen LogP contribution < -0.4 is 22.5 Å². The molecule has 1 aromatic carbocycles. The highest BCUT2D eigenvalue weighted by molar-refractivity contribution is 7.16. The lowest BCUT2D eigenvalue weighted by molar-refractivity contribution is -0.138. The second kappa shape index (κ2) is 10.0. The van der Waals surface area contributed by atoms with Gasteiger partial charge in [-0.05, 0) is 42.4 Å². The molecule has 0 bridgehead atoms. The van der Waals surface area contributed by atoms with E-state index >= 15 is 0 Å². The second-order valence-corrected chi connectivity index (χ2v) is 8.26. The average Bonchev–Trinajstić information content (AvgIpc) is 3.02. The Hall–Kier alpha value is -2.91. The number of anilines is 1. The smallest absolute Gasteiger partial charge is 0.320 e. The van der Waals surface area contributed by atoms with Crippen LogP contribution >= 0.6 is 11.3 Å². The molecule has 2 rings (SSSR count). The Balaban J connectivity index is 1.96. The number of urea groups is 1. The zero-order valence-corrected chi connectivity index (χ0v) is 17.0. The van der Waals surface area contributed by atoms with Gasteiger partial charge in [0.25, 0.3) is 5.91 Å². The summed E-state index contributed by atoms with van der Waals surface area (Å²) >= 11 is 1.26. The molecule has 2 atom stereocenters. The number of rotatable bonds is 10. The maximum atomic E-state index is 11.5. The van der Waals surface area contributed by atoms with E-state index in [-0.39, 0.29) is 11.5 Å². The lowest BCUT2D eigenvalue weighted by Crippen LogP contribution is -2.31. The normalized spacial score (nSPS) is 12.9. The number of carboxylic acid groups (broad SMARTS) is 1. The highest BCUT2D eigenvalue weighted by Crippen LogP contribution is 2.29. The molecule has 0 aliphatic carbocycles. The van der Waals surface area contributed by atoms with Crippen molar-refractivity contribution in [3.8, 4) is 0 Å². The molecular weight excluding hydrogens is 392 g/mol. The number of nitrogens with two attached hydrogens (primary N) is 3. The van der Waals surface area contributed by atoms with E-state index in [0.717, 1.165) is 28.8 Å². The van der Waals surface area contributed by atoms with Crippen LogP contribution in [0.1, 0.15) is 46.1 Å². The van der Waals surface area contributed by atoms with Crippen LogP contribution in [0.5, 0.6) is 0 Å². The summed E-state index contributed by atoms with van der Waals surface area (Å²) in [5.41, 5.74) is 18.5. The van der Waals surface area contributed by atoms with Crippen LogP contribution in [0.2, 0.25) is 0 Å². The number of carboxylic acids is 1. The predicted molar refractivity (Wildman–Crippen MR) is 113 cm³/mol. The lowest BCUT2D eigenvalue weighted by atomic mass is 9.94. The molecule has 0 aliphatic heterocycles. The minimum absolute atomic E-state index is 0.218. The first-order chi connectivity index (χ1) is 13.7. The molecule has 0 aliphatic rings. The molecular formula is C20H26N4O4S.